The minimum atomic E-state index is -1.03. The molecule has 0 bridgehead atoms. The number of piperidine rings is 1. The molecule has 2 N–H and O–H groups in total. The molecule has 0 spiro atoms. The summed E-state index contributed by atoms with van der Waals surface area (Å²) in [4.78, 5) is 24.2. The van der Waals surface area contributed by atoms with Crippen molar-refractivity contribution in [3.8, 4) is 0 Å². The highest BCUT2D eigenvalue weighted by Crippen LogP contribution is 2.27. The van der Waals surface area contributed by atoms with Gasteiger partial charge in [0, 0.05) is 31.8 Å². The molecular weight excluding hydrogens is 250 g/mol. The zero-order valence-corrected chi connectivity index (χ0v) is 10.8. The van der Waals surface area contributed by atoms with E-state index in [1.165, 1.54) is 7.11 Å². The average molecular weight is 267 g/mol. The molecule has 1 aromatic rings. The highest BCUT2D eigenvalue weighted by molar-refractivity contribution is 5.85. The van der Waals surface area contributed by atoms with Gasteiger partial charge < -0.3 is 14.7 Å². The topological polar surface area (TPSA) is 95.5 Å². The summed E-state index contributed by atoms with van der Waals surface area (Å²) in [6, 6.07) is 1.57. The molecule has 0 atom stereocenters. The van der Waals surface area contributed by atoms with Crippen molar-refractivity contribution in [2.45, 2.75) is 18.8 Å². The first-order valence-electron chi connectivity index (χ1n) is 6.17. The fourth-order valence-electron chi connectivity index (χ4n) is 2.31. The number of ether oxygens (including phenoxy) is 1. The molecule has 19 heavy (non-hydrogen) atoms. The lowest BCUT2D eigenvalue weighted by atomic mass is 9.93. The van der Waals surface area contributed by atoms with Crippen molar-refractivity contribution in [1.29, 1.82) is 0 Å². The molecule has 0 aliphatic carbocycles. The maximum atomic E-state index is 11.6. The maximum absolute atomic E-state index is 11.6. The van der Waals surface area contributed by atoms with E-state index in [-0.39, 0.29) is 24.1 Å². The van der Waals surface area contributed by atoms with Gasteiger partial charge in [0.1, 0.15) is 6.61 Å². The van der Waals surface area contributed by atoms with Gasteiger partial charge in [0.05, 0.1) is 0 Å². The number of amides is 1. The second kappa shape index (κ2) is 5.83. The Morgan fingerprint density at radius 1 is 1.53 bits per heavy atom. The molecule has 0 unspecified atom stereocenters. The number of carbonyl (C=O) groups is 2. The summed E-state index contributed by atoms with van der Waals surface area (Å²) in [6.07, 6.45) is 1.60. The van der Waals surface area contributed by atoms with Crippen LogP contribution in [0.5, 0.6) is 0 Å². The molecule has 7 nitrogen and oxygen atoms in total. The van der Waals surface area contributed by atoms with Crippen molar-refractivity contribution in [2.75, 3.05) is 26.8 Å². The smallest absolute Gasteiger partial charge is 0.356 e. The molecule has 1 amide bonds. The first kappa shape index (κ1) is 13.5. The zero-order valence-electron chi connectivity index (χ0n) is 10.8. The van der Waals surface area contributed by atoms with Crippen molar-refractivity contribution in [2.24, 2.45) is 0 Å². The number of methoxy groups -OCH3 is 1. The van der Waals surface area contributed by atoms with Crippen molar-refractivity contribution in [1.82, 2.24) is 15.1 Å². The predicted octanol–water partition coefficient (Wildman–Crippen LogP) is 0.460. The molecule has 2 heterocycles. The fraction of sp³-hybridized carbons (Fsp3) is 0.583. The molecule has 0 saturated carbocycles. The third-order valence-corrected chi connectivity index (χ3v) is 3.37. The van der Waals surface area contributed by atoms with Crippen LogP contribution in [-0.2, 0) is 9.53 Å². The monoisotopic (exact) mass is 267 g/mol. The number of carbonyl (C=O) groups excluding carboxylic acids is 1. The second-order valence-electron chi connectivity index (χ2n) is 4.60. The van der Waals surface area contributed by atoms with Crippen LogP contribution in [0.25, 0.3) is 0 Å². The van der Waals surface area contributed by atoms with Gasteiger partial charge in [0.25, 0.3) is 0 Å². The maximum Gasteiger partial charge on any atom is 0.356 e. The third kappa shape index (κ3) is 3.11. The number of H-pyrrole nitrogens is 1. The van der Waals surface area contributed by atoms with Crippen molar-refractivity contribution < 1.29 is 19.4 Å². The van der Waals surface area contributed by atoms with E-state index in [4.69, 9.17) is 9.84 Å². The zero-order chi connectivity index (χ0) is 13.8. The number of rotatable bonds is 4. The molecule has 1 fully saturated rings. The van der Waals surface area contributed by atoms with Crippen molar-refractivity contribution in [3.63, 3.8) is 0 Å². The van der Waals surface area contributed by atoms with Gasteiger partial charge in [0.2, 0.25) is 5.91 Å². The summed E-state index contributed by atoms with van der Waals surface area (Å²) in [5.41, 5.74) is 0.865. The van der Waals surface area contributed by atoms with Crippen LogP contribution in [0.3, 0.4) is 0 Å². The quantitative estimate of drug-likeness (QED) is 0.826. The first-order valence-corrected chi connectivity index (χ1v) is 6.17. The Hall–Kier alpha value is -1.89. The lowest BCUT2D eigenvalue weighted by Crippen LogP contribution is -2.39. The number of nitrogens with zero attached hydrogens (tertiary/aromatic N) is 2. The van der Waals surface area contributed by atoms with E-state index >= 15 is 0 Å². The lowest BCUT2D eigenvalue weighted by molar-refractivity contribution is -0.136. The largest absolute Gasteiger partial charge is 0.476 e. The van der Waals surface area contributed by atoms with Gasteiger partial charge in [-0.25, -0.2) is 4.79 Å². The Morgan fingerprint density at radius 3 is 2.74 bits per heavy atom. The van der Waals surface area contributed by atoms with E-state index in [9.17, 15) is 9.59 Å². The fourth-order valence-corrected chi connectivity index (χ4v) is 2.31. The summed E-state index contributed by atoms with van der Waals surface area (Å²) in [7, 11) is 1.50. The van der Waals surface area contributed by atoms with Crippen LogP contribution >= 0.6 is 0 Å². The highest BCUT2D eigenvalue weighted by atomic mass is 16.5. The van der Waals surface area contributed by atoms with Gasteiger partial charge in [-0.15, -0.1) is 0 Å². The van der Waals surface area contributed by atoms with Gasteiger partial charge in [-0.3, -0.25) is 9.89 Å². The third-order valence-electron chi connectivity index (χ3n) is 3.37. The minimum Gasteiger partial charge on any atom is -0.476 e. The van der Waals surface area contributed by atoms with E-state index in [1.807, 2.05) is 0 Å². The Labute approximate surface area is 110 Å². The molecule has 1 aliphatic heterocycles. The summed E-state index contributed by atoms with van der Waals surface area (Å²) in [6.45, 7) is 1.43. The van der Waals surface area contributed by atoms with Gasteiger partial charge in [-0.2, -0.15) is 5.10 Å². The number of aromatic nitrogens is 2. The van der Waals surface area contributed by atoms with E-state index in [0.717, 1.165) is 18.5 Å². The average Bonchev–Trinajstić information content (AvgIpc) is 2.89. The summed E-state index contributed by atoms with van der Waals surface area (Å²) in [5, 5.41) is 15.3. The van der Waals surface area contributed by atoms with Crippen LogP contribution in [-0.4, -0.2) is 58.9 Å². The van der Waals surface area contributed by atoms with E-state index in [1.54, 1.807) is 11.0 Å². The number of carboxylic acids is 1. The molecule has 1 saturated heterocycles. The molecule has 1 aliphatic rings. The van der Waals surface area contributed by atoms with Gasteiger partial charge in [-0.1, -0.05) is 0 Å². The number of carboxylic acid groups (broad SMARTS) is 1. The lowest BCUT2D eigenvalue weighted by Gasteiger charge is -2.31. The van der Waals surface area contributed by atoms with Crippen LogP contribution in [0, 0.1) is 0 Å². The van der Waals surface area contributed by atoms with Gasteiger partial charge in [-0.05, 0) is 18.9 Å². The summed E-state index contributed by atoms with van der Waals surface area (Å²) < 4.78 is 4.83. The second-order valence-corrected chi connectivity index (χ2v) is 4.60. The van der Waals surface area contributed by atoms with E-state index in [0.29, 0.717) is 13.1 Å². The van der Waals surface area contributed by atoms with Crippen LogP contribution < -0.4 is 0 Å². The minimum absolute atomic E-state index is 0.00298. The Kier molecular flexibility index (Phi) is 4.16. The highest BCUT2D eigenvalue weighted by Gasteiger charge is 2.25. The Morgan fingerprint density at radius 2 is 2.21 bits per heavy atom. The normalized spacial score (nSPS) is 16.6. The number of aromatic amines is 1. The van der Waals surface area contributed by atoms with E-state index in [2.05, 4.69) is 10.2 Å². The number of hydrogen-bond acceptors (Lipinski definition) is 4. The van der Waals surface area contributed by atoms with Crippen molar-refractivity contribution >= 4 is 11.9 Å². The SMILES string of the molecule is COCC(=O)N1CCC(c2cc(C(=O)O)n[nH]2)CC1. The molecular formula is C12H17N3O4. The van der Waals surface area contributed by atoms with Crippen molar-refractivity contribution in [3.05, 3.63) is 17.5 Å². The van der Waals surface area contributed by atoms with E-state index < -0.39 is 5.97 Å². The molecule has 0 aromatic carbocycles. The molecule has 7 heteroatoms. The summed E-state index contributed by atoms with van der Waals surface area (Å²) in [5.74, 6) is -0.806. The molecule has 1 aromatic heterocycles. The van der Waals surface area contributed by atoms with Gasteiger partial charge in [0.15, 0.2) is 5.69 Å². The Balaban J connectivity index is 1.92. The molecule has 104 valence electrons. The number of hydrogen-bond donors (Lipinski definition) is 2. The number of aromatic carboxylic acids is 1. The number of nitrogens with one attached hydrogen (secondary N) is 1. The standard InChI is InChI=1S/C12H17N3O4/c1-19-7-11(16)15-4-2-8(3-5-15)9-6-10(12(17)18)14-13-9/h6,8H,2-5,7H2,1H3,(H,13,14)(H,17,18). The van der Waals surface area contributed by atoms with Crippen LogP contribution in [0.2, 0.25) is 0 Å². The summed E-state index contributed by atoms with van der Waals surface area (Å²) >= 11 is 0. The molecule has 2 rings (SSSR count). The molecule has 0 radical (unpaired) electrons. The predicted molar refractivity (Wildman–Crippen MR) is 66.0 cm³/mol. The van der Waals surface area contributed by atoms with Crippen LogP contribution in [0.15, 0.2) is 6.07 Å². The first-order chi connectivity index (χ1) is 9.11. The van der Waals surface area contributed by atoms with Crippen LogP contribution in [0.1, 0.15) is 34.9 Å². The Bertz CT molecular complexity index is 463. The van der Waals surface area contributed by atoms with Gasteiger partial charge >= 0.3 is 5.97 Å². The van der Waals surface area contributed by atoms with Crippen LogP contribution in [0.4, 0.5) is 0 Å². The number of likely N-dealkylation sites (tertiary alicyclic amines) is 1.